The fraction of sp³-hybridized carbons (Fsp3) is 0.333. The van der Waals surface area contributed by atoms with Gasteiger partial charge in [0, 0.05) is 6.07 Å². The molecular formula is C15H19N3O3. The van der Waals surface area contributed by atoms with Crippen LogP contribution >= 0.6 is 0 Å². The van der Waals surface area contributed by atoms with E-state index < -0.39 is 0 Å². The summed E-state index contributed by atoms with van der Waals surface area (Å²) < 4.78 is 10.0. The smallest absolute Gasteiger partial charge is 0.320 e. The number of aryl methyl sites for hydroxylation is 1. The predicted octanol–water partition coefficient (Wildman–Crippen LogP) is 3.26. The van der Waals surface area contributed by atoms with Crippen LogP contribution < -0.4 is 15.4 Å². The number of methoxy groups -OCH3 is 1. The lowest BCUT2D eigenvalue weighted by atomic mass is 10.0. The van der Waals surface area contributed by atoms with Crippen molar-refractivity contribution in [3.05, 3.63) is 41.7 Å². The second-order valence-corrected chi connectivity index (χ2v) is 4.66. The molecule has 112 valence electrons. The predicted molar refractivity (Wildman–Crippen MR) is 79.4 cm³/mol. The van der Waals surface area contributed by atoms with E-state index in [0.29, 0.717) is 11.6 Å². The fourth-order valence-corrected chi connectivity index (χ4v) is 1.99. The molecule has 0 aliphatic rings. The summed E-state index contributed by atoms with van der Waals surface area (Å²) in [6.07, 6.45) is 0.775. The van der Waals surface area contributed by atoms with Gasteiger partial charge in [-0.25, -0.2) is 4.79 Å². The Hall–Kier alpha value is -2.50. The van der Waals surface area contributed by atoms with E-state index in [9.17, 15) is 4.79 Å². The van der Waals surface area contributed by atoms with Gasteiger partial charge in [0.2, 0.25) is 0 Å². The molecule has 2 aromatic rings. The van der Waals surface area contributed by atoms with Crippen molar-refractivity contribution >= 4 is 11.8 Å². The van der Waals surface area contributed by atoms with Gasteiger partial charge >= 0.3 is 6.03 Å². The fourth-order valence-electron chi connectivity index (χ4n) is 1.99. The van der Waals surface area contributed by atoms with E-state index in [4.69, 9.17) is 9.26 Å². The second-order valence-electron chi connectivity index (χ2n) is 4.66. The number of urea groups is 1. The summed E-state index contributed by atoms with van der Waals surface area (Å²) in [5, 5.41) is 9.27. The highest BCUT2D eigenvalue weighted by molar-refractivity contribution is 5.88. The molecule has 0 aliphatic heterocycles. The van der Waals surface area contributed by atoms with Crippen molar-refractivity contribution in [3.63, 3.8) is 0 Å². The lowest BCUT2D eigenvalue weighted by Crippen LogP contribution is -2.32. The van der Waals surface area contributed by atoms with E-state index in [2.05, 4.69) is 15.8 Å². The van der Waals surface area contributed by atoms with Crippen molar-refractivity contribution in [2.24, 2.45) is 0 Å². The normalized spacial score (nSPS) is 11.8. The number of amides is 2. The lowest BCUT2D eigenvalue weighted by Gasteiger charge is -2.17. The number of aromatic nitrogens is 1. The first-order chi connectivity index (χ1) is 10.1. The molecule has 0 spiro atoms. The van der Waals surface area contributed by atoms with E-state index in [1.807, 2.05) is 31.2 Å². The third kappa shape index (κ3) is 3.98. The number of hydrogen-bond acceptors (Lipinski definition) is 4. The van der Waals surface area contributed by atoms with Crippen molar-refractivity contribution in [1.82, 2.24) is 10.5 Å². The Morgan fingerprint density at radius 2 is 2.10 bits per heavy atom. The van der Waals surface area contributed by atoms with Crippen molar-refractivity contribution < 1.29 is 14.1 Å². The first-order valence-corrected chi connectivity index (χ1v) is 6.77. The minimum Gasteiger partial charge on any atom is -0.497 e. The Bertz CT molecular complexity index is 592. The maximum absolute atomic E-state index is 12.0. The highest BCUT2D eigenvalue weighted by Crippen LogP contribution is 2.20. The Kier molecular flexibility index (Phi) is 4.81. The summed E-state index contributed by atoms with van der Waals surface area (Å²) >= 11 is 0. The van der Waals surface area contributed by atoms with Gasteiger partial charge in [-0.2, -0.15) is 0 Å². The minimum absolute atomic E-state index is 0.0797. The molecule has 6 nitrogen and oxygen atoms in total. The van der Waals surface area contributed by atoms with Gasteiger partial charge < -0.3 is 14.6 Å². The summed E-state index contributed by atoms with van der Waals surface area (Å²) in [4.78, 5) is 12.0. The molecule has 0 saturated carbocycles. The Balaban J connectivity index is 1.98. The van der Waals surface area contributed by atoms with Gasteiger partial charge in [-0.3, -0.25) is 5.32 Å². The second kappa shape index (κ2) is 6.78. The number of carbonyl (C=O) groups is 1. The molecular weight excluding hydrogens is 270 g/mol. The summed E-state index contributed by atoms with van der Waals surface area (Å²) in [6.45, 7) is 3.78. The van der Waals surface area contributed by atoms with Crippen molar-refractivity contribution in [2.75, 3.05) is 12.4 Å². The molecule has 2 N–H and O–H groups in total. The van der Waals surface area contributed by atoms with Crippen LogP contribution in [0.3, 0.4) is 0 Å². The van der Waals surface area contributed by atoms with Crippen LogP contribution in [0.15, 0.2) is 34.9 Å². The Morgan fingerprint density at radius 1 is 1.38 bits per heavy atom. The molecule has 1 heterocycles. The van der Waals surface area contributed by atoms with Crippen molar-refractivity contribution in [1.29, 1.82) is 0 Å². The average Bonchev–Trinajstić information content (AvgIpc) is 2.90. The third-order valence-corrected chi connectivity index (χ3v) is 3.10. The molecule has 1 aromatic carbocycles. The molecule has 6 heteroatoms. The van der Waals surface area contributed by atoms with Crippen LogP contribution in [0.1, 0.15) is 30.7 Å². The number of ether oxygens (including phenoxy) is 1. The molecule has 2 rings (SSSR count). The lowest BCUT2D eigenvalue weighted by molar-refractivity contribution is 0.248. The van der Waals surface area contributed by atoms with Gasteiger partial charge in [0.25, 0.3) is 0 Å². The van der Waals surface area contributed by atoms with E-state index in [1.165, 1.54) is 0 Å². The van der Waals surface area contributed by atoms with Crippen LogP contribution in [-0.4, -0.2) is 18.3 Å². The number of nitrogens with zero attached hydrogens (tertiary/aromatic N) is 1. The average molecular weight is 289 g/mol. The van der Waals surface area contributed by atoms with E-state index in [1.54, 1.807) is 20.1 Å². The van der Waals surface area contributed by atoms with Crippen LogP contribution in [-0.2, 0) is 0 Å². The largest absolute Gasteiger partial charge is 0.497 e. The monoisotopic (exact) mass is 289 g/mol. The van der Waals surface area contributed by atoms with Crippen LogP contribution in [0.2, 0.25) is 0 Å². The molecule has 0 unspecified atom stereocenters. The van der Waals surface area contributed by atoms with Crippen molar-refractivity contribution in [3.8, 4) is 5.75 Å². The van der Waals surface area contributed by atoms with Gasteiger partial charge in [0.1, 0.15) is 11.5 Å². The zero-order valence-corrected chi connectivity index (χ0v) is 12.3. The number of carbonyl (C=O) groups excluding carboxylic acids is 1. The molecule has 21 heavy (non-hydrogen) atoms. The molecule has 0 saturated heterocycles. The molecule has 0 fully saturated rings. The standard InChI is InChI=1S/C15H19N3O3/c1-4-13(11-5-7-12(20-3)8-6-11)16-15(19)17-14-9-10(2)21-18-14/h5-9,13H,4H2,1-3H3,(H2,16,17,18,19)/t13-/m0/s1. The summed E-state index contributed by atoms with van der Waals surface area (Å²) in [5.41, 5.74) is 1.02. The van der Waals surface area contributed by atoms with Gasteiger partial charge in [0.05, 0.1) is 13.2 Å². The van der Waals surface area contributed by atoms with Gasteiger partial charge in [0.15, 0.2) is 5.82 Å². The third-order valence-electron chi connectivity index (χ3n) is 3.10. The topological polar surface area (TPSA) is 76.4 Å². The first-order valence-electron chi connectivity index (χ1n) is 6.77. The number of hydrogen-bond donors (Lipinski definition) is 2. The van der Waals surface area contributed by atoms with Crippen LogP contribution in [0.5, 0.6) is 5.75 Å². The molecule has 1 aromatic heterocycles. The van der Waals surface area contributed by atoms with Gasteiger partial charge in [-0.1, -0.05) is 24.2 Å². The Morgan fingerprint density at radius 3 is 2.62 bits per heavy atom. The van der Waals surface area contributed by atoms with E-state index in [0.717, 1.165) is 17.7 Å². The Labute approximate surface area is 123 Å². The van der Waals surface area contributed by atoms with Crippen molar-refractivity contribution in [2.45, 2.75) is 26.3 Å². The summed E-state index contributed by atoms with van der Waals surface area (Å²) in [5.74, 6) is 1.83. The quantitative estimate of drug-likeness (QED) is 0.885. The summed E-state index contributed by atoms with van der Waals surface area (Å²) in [7, 11) is 1.62. The molecule has 0 radical (unpaired) electrons. The van der Waals surface area contributed by atoms with Gasteiger partial charge in [-0.05, 0) is 31.0 Å². The minimum atomic E-state index is -0.314. The molecule has 2 amide bonds. The molecule has 0 aliphatic carbocycles. The maximum atomic E-state index is 12.0. The first kappa shape index (κ1) is 14.9. The number of anilines is 1. The van der Waals surface area contributed by atoms with E-state index >= 15 is 0 Å². The number of rotatable bonds is 5. The summed E-state index contributed by atoms with van der Waals surface area (Å²) in [6, 6.07) is 8.89. The van der Waals surface area contributed by atoms with E-state index in [-0.39, 0.29) is 12.1 Å². The SMILES string of the molecule is CC[C@H](NC(=O)Nc1cc(C)on1)c1ccc(OC)cc1. The maximum Gasteiger partial charge on any atom is 0.320 e. The zero-order valence-electron chi connectivity index (χ0n) is 12.3. The highest BCUT2D eigenvalue weighted by Gasteiger charge is 2.14. The zero-order chi connectivity index (χ0) is 15.2. The van der Waals surface area contributed by atoms with Crippen LogP contribution in [0.4, 0.5) is 10.6 Å². The molecule has 0 bridgehead atoms. The van der Waals surface area contributed by atoms with Crippen LogP contribution in [0, 0.1) is 6.92 Å². The van der Waals surface area contributed by atoms with Crippen LogP contribution in [0.25, 0.3) is 0 Å². The molecule has 1 atom stereocenters. The highest BCUT2D eigenvalue weighted by atomic mass is 16.5. The van der Waals surface area contributed by atoms with Gasteiger partial charge in [-0.15, -0.1) is 0 Å². The number of nitrogens with one attached hydrogen (secondary N) is 2. The number of benzene rings is 1.